The first-order valence-electron chi connectivity index (χ1n) is 8.24. The Morgan fingerprint density at radius 3 is 2.93 bits per heavy atom. The summed E-state index contributed by atoms with van der Waals surface area (Å²) < 4.78 is 33.9. The zero-order valence-corrected chi connectivity index (χ0v) is 14.7. The first kappa shape index (κ1) is 17.7. The number of halogens is 3. The van der Waals surface area contributed by atoms with Gasteiger partial charge < -0.3 is 15.8 Å². The smallest absolute Gasteiger partial charge is 0.283 e. The van der Waals surface area contributed by atoms with Gasteiger partial charge in [-0.1, -0.05) is 11.6 Å². The Morgan fingerprint density at radius 1 is 1.41 bits per heavy atom. The lowest BCUT2D eigenvalue weighted by molar-refractivity contribution is 0.102. The second kappa shape index (κ2) is 6.45. The molecular weight excluding hydrogens is 378 g/mol. The molecule has 27 heavy (non-hydrogen) atoms. The maximum Gasteiger partial charge on any atom is 0.283 e. The summed E-state index contributed by atoms with van der Waals surface area (Å²) in [5.41, 5.74) is 4.66. The molecule has 0 saturated heterocycles. The Kier molecular flexibility index (Phi) is 4.22. The number of carbonyl (C=O) groups is 1. The Balaban J connectivity index is 1.66. The first-order valence-corrected chi connectivity index (χ1v) is 8.61. The number of aromatic nitrogens is 1. The number of carbonyl (C=O) groups excluding carboxylic acids is 1. The van der Waals surface area contributed by atoms with Crippen LogP contribution in [-0.4, -0.2) is 29.7 Å². The Hall–Kier alpha value is -2.74. The Labute approximate surface area is 158 Å². The Morgan fingerprint density at radius 2 is 2.22 bits per heavy atom. The number of amidine groups is 1. The van der Waals surface area contributed by atoms with E-state index in [4.69, 9.17) is 22.1 Å². The van der Waals surface area contributed by atoms with Crippen LogP contribution in [0.2, 0.25) is 5.02 Å². The number of anilines is 1. The van der Waals surface area contributed by atoms with Gasteiger partial charge >= 0.3 is 0 Å². The number of aliphatic imine (C=N–C) groups is 1. The number of fused-ring (bicyclic) bond motifs is 1. The van der Waals surface area contributed by atoms with Crippen LogP contribution in [-0.2, 0) is 10.3 Å². The molecule has 2 aromatic rings. The van der Waals surface area contributed by atoms with Crippen molar-refractivity contribution in [2.24, 2.45) is 16.6 Å². The normalized spacial score (nSPS) is 25.8. The molecule has 1 amide bonds. The lowest BCUT2D eigenvalue weighted by atomic mass is 9.85. The summed E-state index contributed by atoms with van der Waals surface area (Å²) in [6, 6.07) is 6.75. The molecule has 4 rings (SSSR count). The molecule has 1 fully saturated rings. The zero-order chi connectivity index (χ0) is 19.2. The molecule has 3 N–H and O–H groups in total. The average Bonchev–Trinajstić information content (AvgIpc) is 3.43. The molecule has 1 aliphatic heterocycles. The van der Waals surface area contributed by atoms with Gasteiger partial charge in [-0.15, -0.1) is 0 Å². The minimum atomic E-state index is -1.45. The lowest BCUT2D eigenvalue weighted by Gasteiger charge is -2.31. The second-order valence-electron chi connectivity index (χ2n) is 6.52. The summed E-state index contributed by atoms with van der Waals surface area (Å²) in [4.78, 5) is 20.3. The van der Waals surface area contributed by atoms with Crippen LogP contribution < -0.4 is 11.1 Å². The molecule has 9 heteroatoms. The summed E-state index contributed by atoms with van der Waals surface area (Å²) in [6.07, 6.45) is 1.62. The third-order valence-corrected chi connectivity index (χ3v) is 5.01. The van der Waals surface area contributed by atoms with Gasteiger partial charge in [0.15, 0.2) is 0 Å². The molecule has 3 atom stereocenters. The SMILES string of the molecule is NC1=N[C@](CF)(c2cc(NC(=O)c3ccc(Cl)cn3)ccc2F)[C@H]2CC2O1. The highest BCUT2D eigenvalue weighted by molar-refractivity contribution is 6.30. The van der Waals surface area contributed by atoms with Crippen molar-refractivity contribution >= 4 is 29.2 Å². The first-order chi connectivity index (χ1) is 12.9. The predicted octanol–water partition coefficient (Wildman–Crippen LogP) is 3.02. The highest BCUT2D eigenvalue weighted by Gasteiger charge is 2.60. The maximum atomic E-state index is 14.6. The molecule has 1 saturated carbocycles. The fourth-order valence-corrected chi connectivity index (χ4v) is 3.48. The minimum absolute atomic E-state index is 0.0330. The van der Waals surface area contributed by atoms with E-state index in [1.807, 2.05) is 0 Å². The van der Waals surface area contributed by atoms with E-state index in [0.29, 0.717) is 17.1 Å². The van der Waals surface area contributed by atoms with E-state index in [2.05, 4.69) is 15.3 Å². The maximum absolute atomic E-state index is 14.6. The number of nitrogens with two attached hydrogens (primary N) is 1. The molecule has 6 nitrogen and oxygen atoms in total. The fraction of sp³-hybridized carbons (Fsp3) is 0.278. The number of hydrogen-bond acceptors (Lipinski definition) is 5. The van der Waals surface area contributed by atoms with E-state index >= 15 is 0 Å². The molecule has 2 aliphatic rings. The molecular formula is C18H15ClF2N4O2. The van der Waals surface area contributed by atoms with Gasteiger partial charge in [0.05, 0.1) is 5.02 Å². The van der Waals surface area contributed by atoms with Crippen molar-refractivity contribution in [3.8, 4) is 0 Å². The number of benzene rings is 1. The van der Waals surface area contributed by atoms with Gasteiger partial charge in [0, 0.05) is 23.4 Å². The van der Waals surface area contributed by atoms with Crippen LogP contribution in [0.3, 0.4) is 0 Å². The summed E-state index contributed by atoms with van der Waals surface area (Å²) in [5, 5.41) is 3.02. The van der Waals surface area contributed by atoms with Gasteiger partial charge in [-0.3, -0.25) is 4.79 Å². The molecule has 0 spiro atoms. The quantitative estimate of drug-likeness (QED) is 0.837. The summed E-state index contributed by atoms with van der Waals surface area (Å²) in [7, 11) is 0. The summed E-state index contributed by atoms with van der Waals surface area (Å²) in [6.45, 7) is -0.925. The van der Waals surface area contributed by atoms with E-state index in [0.717, 1.165) is 6.07 Å². The molecule has 2 heterocycles. The minimum Gasteiger partial charge on any atom is -0.462 e. The number of nitrogens with one attached hydrogen (secondary N) is 1. The number of nitrogens with zero attached hydrogens (tertiary/aromatic N) is 2. The average molecular weight is 393 g/mol. The molecule has 0 bridgehead atoms. The fourth-order valence-electron chi connectivity index (χ4n) is 3.37. The van der Waals surface area contributed by atoms with Gasteiger partial charge in [-0.2, -0.15) is 0 Å². The topological polar surface area (TPSA) is 89.6 Å². The highest BCUT2D eigenvalue weighted by atomic mass is 35.5. The van der Waals surface area contributed by atoms with Crippen LogP contribution in [0.5, 0.6) is 0 Å². The van der Waals surface area contributed by atoms with Crippen molar-refractivity contribution in [1.82, 2.24) is 4.98 Å². The van der Waals surface area contributed by atoms with Crippen molar-refractivity contribution in [3.05, 3.63) is 58.6 Å². The predicted molar refractivity (Wildman–Crippen MR) is 95.9 cm³/mol. The highest BCUT2D eigenvalue weighted by Crippen LogP contribution is 2.53. The van der Waals surface area contributed by atoms with E-state index in [1.54, 1.807) is 0 Å². The van der Waals surface area contributed by atoms with Gasteiger partial charge in [0.2, 0.25) is 0 Å². The third kappa shape index (κ3) is 3.10. The number of ether oxygens (including phenoxy) is 1. The lowest BCUT2D eigenvalue weighted by Crippen LogP contribution is -2.39. The van der Waals surface area contributed by atoms with Crippen LogP contribution in [0.1, 0.15) is 22.5 Å². The zero-order valence-electron chi connectivity index (χ0n) is 14.0. The van der Waals surface area contributed by atoms with Gasteiger partial charge in [-0.25, -0.2) is 18.8 Å². The van der Waals surface area contributed by atoms with E-state index < -0.39 is 23.9 Å². The third-order valence-electron chi connectivity index (χ3n) is 4.78. The molecule has 1 aromatic carbocycles. The number of pyridine rings is 1. The van der Waals surface area contributed by atoms with E-state index in [9.17, 15) is 13.6 Å². The summed E-state index contributed by atoms with van der Waals surface area (Å²) >= 11 is 5.76. The number of rotatable bonds is 4. The monoisotopic (exact) mass is 392 g/mol. The van der Waals surface area contributed by atoms with Crippen molar-refractivity contribution in [2.45, 2.75) is 18.1 Å². The van der Waals surface area contributed by atoms with E-state index in [-0.39, 0.29) is 29.3 Å². The largest absolute Gasteiger partial charge is 0.462 e. The van der Waals surface area contributed by atoms with Gasteiger partial charge in [0.1, 0.15) is 29.8 Å². The van der Waals surface area contributed by atoms with E-state index in [1.165, 1.54) is 30.5 Å². The van der Waals surface area contributed by atoms with Gasteiger partial charge in [-0.05, 0) is 36.8 Å². The van der Waals surface area contributed by atoms with Crippen LogP contribution in [0.15, 0.2) is 41.5 Å². The molecule has 1 aromatic heterocycles. The van der Waals surface area contributed by atoms with Crippen molar-refractivity contribution in [3.63, 3.8) is 0 Å². The van der Waals surface area contributed by atoms with Crippen molar-refractivity contribution in [2.75, 3.05) is 12.0 Å². The van der Waals surface area contributed by atoms with Gasteiger partial charge in [0.25, 0.3) is 11.9 Å². The van der Waals surface area contributed by atoms with Crippen LogP contribution in [0.4, 0.5) is 14.5 Å². The van der Waals surface area contributed by atoms with Crippen LogP contribution >= 0.6 is 11.6 Å². The van der Waals surface area contributed by atoms with Crippen LogP contribution in [0, 0.1) is 11.7 Å². The number of hydrogen-bond donors (Lipinski definition) is 2. The second-order valence-corrected chi connectivity index (χ2v) is 6.95. The summed E-state index contributed by atoms with van der Waals surface area (Å²) in [5.74, 6) is -1.43. The molecule has 0 radical (unpaired) electrons. The van der Waals surface area contributed by atoms with Crippen molar-refractivity contribution < 1.29 is 18.3 Å². The standard InChI is InChI=1S/C18H15ClF2N4O2/c19-9-1-4-14(23-7-9)16(26)24-10-2-3-13(21)11(5-10)18(8-20)12-6-15(12)27-17(22)25-18/h1-5,7,12,15H,6,8H2,(H2,22,25)(H,24,26)/t12-,15?,18+/m0/s1. The number of amides is 1. The molecule has 1 aliphatic carbocycles. The molecule has 1 unspecified atom stereocenters. The molecule has 140 valence electrons. The Bertz CT molecular complexity index is 937. The van der Waals surface area contributed by atoms with Crippen molar-refractivity contribution in [1.29, 1.82) is 0 Å². The number of alkyl halides is 1. The van der Waals surface area contributed by atoms with Crippen LogP contribution in [0.25, 0.3) is 0 Å².